The van der Waals surface area contributed by atoms with E-state index in [0.29, 0.717) is 28.4 Å². The van der Waals surface area contributed by atoms with Gasteiger partial charge >= 0.3 is 0 Å². The first-order chi connectivity index (χ1) is 14.1. The number of benzene rings is 1. The Morgan fingerprint density at radius 1 is 1.28 bits per heavy atom. The Bertz CT molecular complexity index is 1290. The Labute approximate surface area is 172 Å². The summed E-state index contributed by atoms with van der Waals surface area (Å²) in [4.78, 5) is 30.7. The van der Waals surface area contributed by atoms with Crippen molar-refractivity contribution in [3.63, 3.8) is 0 Å². The highest BCUT2D eigenvalue weighted by atomic mass is 32.1. The molecule has 29 heavy (non-hydrogen) atoms. The second-order valence-corrected chi connectivity index (χ2v) is 8.47. The number of carbonyl (C=O) groups is 1. The van der Waals surface area contributed by atoms with Crippen LogP contribution in [-0.2, 0) is 11.3 Å². The molecule has 1 aromatic carbocycles. The maximum Gasteiger partial charge on any atom is 0.294 e. The molecular weight excluding hydrogens is 412 g/mol. The van der Waals surface area contributed by atoms with Gasteiger partial charge in [-0.15, -0.1) is 22.7 Å². The predicted octanol–water partition coefficient (Wildman–Crippen LogP) is 3.26. The number of thiophene rings is 1. The zero-order chi connectivity index (χ0) is 20.0. The van der Waals surface area contributed by atoms with Gasteiger partial charge in [-0.2, -0.15) is 5.10 Å². The molecule has 0 saturated heterocycles. The van der Waals surface area contributed by atoms with Gasteiger partial charge in [0.05, 0.1) is 14.6 Å². The monoisotopic (exact) mass is 426 g/mol. The van der Waals surface area contributed by atoms with E-state index in [9.17, 15) is 9.59 Å². The number of nitrogens with zero attached hydrogens (tertiary/aromatic N) is 3. The average Bonchev–Trinajstić information content (AvgIpc) is 3.43. The lowest BCUT2D eigenvalue weighted by molar-refractivity contribution is -0.117. The first-order valence-electron chi connectivity index (χ1n) is 8.70. The summed E-state index contributed by atoms with van der Waals surface area (Å²) in [6.07, 6.45) is 0. The van der Waals surface area contributed by atoms with Crippen LogP contribution in [-0.4, -0.2) is 27.5 Å². The molecule has 0 spiro atoms. The minimum absolute atomic E-state index is 0.157. The molecule has 3 aromatic heterocycles. The number of hydrogen-bond acceptors (Lipinski definition) is 8. The van der Waals surface area contributed by atoms with Crippen LogP contribution in [0.25, 0.3) is 20.8 Å². The fourth-order valence-electron chi connectivity index (χ4n) is 3.06. The zero-order valence-corrected chi connectivity index (χ0v) is 16.8. The van der Waals surface area contributed by atoms with Gasteiger partial charge in [0.2, 0.25) is 12.7 Å². The van der Waals surface area contributed by atoms with E-state index in [1.807, 2.05) is 24.4 Å². The first kappa shape index (κ1) is 17.8. The van der Waals surface area contributed by atoms with E-state index in [1.165, 1.54) is 27.4 Å². The van der Waals surface area contributed by atoms with E-state index in [0.717, 1.165) is 14.6 Å². The molecule has 1 aliphatic heterocycles. The third kappa shape index (κ3) is 3.26. The maximum atomic E-state index is 12.8. The van der Waals surface area contributed by atoms with Gasteiger partial charge in [0, 0.05) is 11.8 Å². The average molecular weight is 426 g/mol. The van der Waals surface area contributed by atoms with E-state index in [2.05, 4.69) is 15.4 Å². The molecule has 0 aliphatic carbocycles. The van der Waals surface area contributed by atoms with Crippen molar-refractivity contribution in [3.8, 4) is 22.1 Å². The number of hydrogen-bond donors (Lipinski definition) is 1. The van der Waals surface area contributed by atoms with Crippen molar-refractivity contribution in [2.45, 2.75) is 13.5 Å². The molecule has 0 atom stereocenters. The molecule has 1 amide bonds. The van der Waals surface area contributed by atoms with Gasteiger partial charge in [0.15, 0.2) is 17.0 Å². The number of aryl methyl sites for hydroxylation is 1. The zero-order valence-electron chi connectivity index (χ0n) is 15.2. The SMILES string of the molecule is Cc1nc2c(=O)n(CC(=O)Nc3ccc4c(c3)OCO4)nc(-c3cccs3)c2s1. The maximum absolute atomic E-state index is 12.8. The highest BCUT2D eigenvalue weighted by Gasteiger charge is 2.19. The second kappa shape index (κ2) is 6.98. The molecule has 0 fully saturated rings. The smallest absolute Gasteiger partial charge is 0.294 e. The molecule has 4 aromatic rings. The quantitative estimate of drug-likeness (QED) is 0.538. The third-order valence-corrected chi connectivity index (χ3v) is 6.17. The molecular formula is C19H14N4O4S2. The van der Waals surface area contributed by atoms with Gasteiger partial charge in [-0.1, -0.05) is 6.07 Å². The Balaban J connectivity index is 1.47. The number of aromatic nitrogens is 3. The molecule has 8 nitrogen and oxygen atoms in total. The van der Waals surface area contributed by atoms with Crippen LogP contribution in [0.5, 0.6) is 11.5 Å². The van der Waals surface area contributed by atoms with Gasteiger partial charge in [0.25, 0.3) is 5.56 Å². The number of thiazole rings is 1. The van der Waals surface area contributed by atoms with E-state index in [1.54, 1.807) is 18.2 Å². The first-order valence-corrected chi connectivity index (χ1v) is 10.4. The van der Waals surface area contributed by atoms with Gasteiger partial charge in [-0.05, 0) is 30.5 Å². The van der Waals surface area contributed by atoms with Crippen LogP contribution in [0.2, 0.25) is 0 Å². The lowest BCUT2D eigenvalue weighted by Gasteiger charge is -2.09. The predicted molar refractivity (Wildman–Crippen MR) is 111 cm³/mol. The van der Waals surface area contributed by atoms with Crippen LogP contribution < -0.4 is 20.3 Å². The summed E-state index contributed by atoms with van der Waals surface area (Å²) in [6.45, 7) is 1.78. The van der Waals surface area contributed by atoms with Crippen molar-refractivity contribution in [2.75, 3.05) is 12.1 Å². The lowest BCUT2D eigenvalue weighted by Crippen LogP contribution is -2.30. The topological polar surface area (TPSA) is 95.3 Å². The van der Waals surface area contributed by atoms with Crippen molar-refractivity contribution in [1.29, 1.82) is 0 Å². The Morgan fingerprint density at radius 3 is 2.97 bits per heavy atom. The van der Waals surface area contributed by atoms with Crippen molar-refractivity contribution in [2.24, 2.45) is 0 Å². The van der Waals surface area contributed by atoms with Crippen LogP contribution in [0.4, 0.5) is 5.69 Å². The summed E-state index contributed by atoms with van der Waals surface area (Å²) in [5.74, 6) is 0.824. The Kier molecular flexibility index (Phi) is 4.29. The number of rotatable bonds is 4. The molecule has 0 bridgehead atoms. The summed E-state index contributed by atoms with van der Waals surface area (Å²) >= 11 is 2.95. The van der Waals surface area contributed by atoms with Crippen LogP contribution in [0, 0.1) is 6.92 Å². The van der Waals surface area contributed by atoms with Gasteiger partial charge in [-0.3, -0.25) is 9.59 Å². The third-order valence-electron chi connectivity index (χ3n) is 4.31. The molecule has 1 N–H and O–H groups in total. The standard InChI is InChI=1S/C19H14N4O4S2/c1-10-20-17-18(29-10)16(14-3-2-6-28-14)22-23(19(17)25)8-15(24)21-11-4-5-12-13(7-11)27-9-26-12/h2-7H,8-9H2,1H3,(H,21,24). The molecule has 1 aliphatic rings. The fraction of sp³-hybridized carbons (Fsp3) is 0.158. The molecule has 0 saturated carbocycles. The Morgan fingerprint density at radius 2 is 2.14 bits per heavy atom. The molecule has 0 unspecified atom stereocenters. The number of fused-ring (bicyclic) bond motifs is 2. The largest absolute Gasteiger partial charge is 0.454 e. The highest BCUT2D eigenvalue weighted by Crippen LogP contribution is 2.34. The van der Waals surface area contributed by atoms with E-state index < -0.39 is 0 Å². The summed E-state index contributed by atoms with van der Waals surface area (Å²) in [7, 11) is 0. The van der Waals surface area contributed by atoms with Crippen molar-refractivity contribution >= 4 is 44.5 Å². The number of ether oxygens (including phenoxy) is 2. The van der Waals surface area contributed by atoms with Crippen molar-refractivity contribution in [3.05, 3.63) is 51.1 Å². The summed E-state index contributed by atoms with van der Waals surface area (Å²) in [5.41, 5.74) is 1.17. The minimum Gasteiger partial charge on any atom is -0.454 e. The summed E-state index contributed by atoms with van der Waals surface area (Å²) in [6, 6.07) is 8.97. The Hall–Kier alpha value is -3.24. The molecule has 4 heterocycles. The lowest BCUT2D eigenvalue weighted by atomic mass is 10.2. The van der Waals surface area contributed by atoms with E-state index in [-0.39, 0.29) is 24.8 Å². The van der Waals surface area contributed by atoms with Gasteiger partial charge < -0.3 is 14.8 Å². The number of carbonyl (C=O) groups excluding carboxylic acids is 1. The van der Waals surface area contributed by atoms with Gasteiger partial charge in [0.1, 0.15) is 12.2 Å². The van der Waals surface area contributed by atoms with Crippen LogP contribution in [0.3, 0.4) is 0 Å². The van der Waals surface area contributed by atoms with Crippen LogP contribution in [0.15, 0.2) is 40.5 Å². The van der Waals surface area contributed by atoms with Crippen LogP contribution >= 0.6 is 22.7 Å². The summed E-state index contributed by atoms with van der Waals surface area (Å²) < 4.78 is 12.5. The van der Waals surface area contributed by atoms with E-state index >= 15 is 0 Å². The van der Waals surface area contributed by atoms with Gasteiger partial charge in [-0.25, -0.2) is 9.67 Å². The minimum atomic E-state index is -0.384. The van der Waals surface area contributed by atoms with Crippen molar-refractivity contribution < 1.29 is 14.3 Å². The number of amides is 1. The second-order valence-electron chi connectivity index (χ2n) is 6.32. The fourth-order valence-corrected chi connectivity index (χ4v) is 4.75. The molecule has 5 rings (SSSR count). The van der Waals surface area contributed by atoms with E-state index in [4.69, 9.17) is 9.47 Å². The molecule has 146 valence electrons. The normalized spacial score (nSPS) is 12.4. The molecule has 0 radical (unpaired) electrons. The number of nitrogens with one attached hydrogen (secondary N) is 1. The highest BCUT2D eigenvalue weighted by molar-refractivity contribution is 7.20. The molecule has 10 heteroatoms. The number of anilines is 1. The van der Waals surface area contributed by atoms with Crippen LogP contribution in [0.1, 0.15) is 5.01 Å². The summed E-state index contributed by atoms with van der Waals surface area (Å²) in [5, 5.41) is 9.96. The van der Waals surface area contributed by atoms with Crippen molar-refractivity contribution in [1.82, 2.24) is 14.8 Å².